The second-order valence-electron chi connectivity index (χ2n) is 3.25. The smallest absolute Gasteiger partial charge is 0.150 e. The van der Waals surface area contributed by atoms with Gasteiger partial charge in [0, 0.05) is 0 Å². The summed E-state index contributed by atoms with van der Waals surface area (Å²) in [5.41, 5.74) is 13.2. The number of hydrogen-bond acceptors (Lipinski definition) is 4. The molecule has 14 heavy (non-hydrogen) atoms. The van der Waals surface area contributed by atoms with Gasteiger partial charge in [0.05, 0.1) is 23.9 Å². The van der Waals surface area contributed by atoms with E-state index in [9.17, 15) is 0 Å². The van der Waals surface area contributed by atoms with Gasteiger partial charge in [0.2, 0.25) is 0 Å². The lowest BCUT2D eigenvalue weighted by molar-refractivity contribution is 0.331. The van der Waals surface area contributed by atoms with E-state index in [1.54, 1.807) is 6.07 Å². The van der Waals surface area contributed by atoms with Crippen LogP contribution in [0.5, 0.6) is 11.5 Å². The minimum absolute atomic E-state index is 0.130. The lowest BCUT2D eigenvalue weighted by atomic mass is 10.1. The standard InChI is InChI=1S/C10H14N2O2/c1-2-13-8-4-3-6(11)10-9(8)7(12)5-14-10/h3-4,7H,2,5,11-12H2,1H3/t7-/m0/s1. The molecule has 0 saturated carbocycles. The van der Waals surface area contributed by atoms with Gasteiger partial charge in [-0.25, -0.2) is 0 Å². The zero-order valence-electron chi connectivity index (χ0n) is 8.12. The van der Waals surface area contributed by atoms with Crippen LogP contribution < -0.4 is 20.9 Å². The zero-order valence-corrected chi connectivity index (χ0v) is 8.12. The van der Waals surface area contributed by atoms with E-state index in [2.05, 4.69) is 0 Å². The lowest BCUT2D eigenvalue weighted by Crippen LogP contribution is -2.12. The van der Waals surface area contributed by atoms with Crippen molar-refractivity contribution in [2.24, 2.45) is 5.73 Å². The van der Waals surface area contributed by atoms with E-state index in [0.29, 0.717) is 24.7 Å². The van der Waals surface area contributed by atoms with Crippen LogP contribution in [0.25, 0.3) is 0 Å². The Labute approximate surface area is 82.8 Å². The molecule has 76 valence electrons. The van der Waals surface area contributed by atoms with E-state index < -0.39 is 0 Å². The van der Waals surface area contributed by atoms with Crippen LogP contribution in [-0.4, -0.2) is 13.2 Å². The Kier molecular flexibility index (Phi) is 2.21. The van der Waals surface area contributed by atoms with Crippen molar-refractivity contribution in [2.45, 2.75) is 13.0 Å². The Balaban J connectivity index is 2.49. The van der Waals surface area contributed by atoms with Crippen LogP contribution in [0, 0.1) is 0 Å². The summed E-state index contributed by atoms with van der Waals surface area (Å²) in [5.74, 6) is 1.46. The molecular formula is C10H14N2O2. The van der Waals surface area contributed by atoms with Crippen LogP contribution in [0.4, 0.5) is 5.69 Å². The second kappa shape index (κ2) is 3.38. The van der Waals surface area contributed by atoms with Crippen molar-refractivity contribution >= 4 is 5.69 Å². The Morgan fingerprint density at radius 3 is 3.07 bits per heavy atom. The molecule has 1 atom stereocenters. The van der Waals surface area contributed by atoms with Crippen LogP contribution in [0.1, 0.15) is 18.5 Å². The molecule has 0 saturated heterocycles. The average molecular weight is 194 g/mol. The van der Waals surface area contributed by atoms with E-state index in [-0.39, 0.29) is 6.04 Å². The second-order valence-corrected chi connectivity index (χ2v) is 3.25. The van der Waals surface area contributed by atoms with Crippen molar-refractivity contribution in [3.05, 3.63) is 17.7 Å². The summed E-state index contributed by atoms with van der Waals surface area (Å²) in [4.78, 5) is 0. The number of fused-ring (bicyclic) bond motifs is 1. The number of nitrogens with two attached hydrogens (primary N) is 2. The number of benzene rings is 1. The van der Waals surface area contributed by atoms with Gasteiger partial charge in [-0.05, 0) is 19.1 Å². The Hall–Kier alpha value is -1.42. The zero-order chi connectivity index (χ0) is 10.1. The fourth-order valence-corrected chi connectivity index (χ4v) is 1.65. The predicted molar refractivity (Wildman–Crippen MR) is 54.4 cm³/mol. The Morgan fingerprint density at radius 1 is 1.57 bits per heavy atom. The van der Waals surface area contributed by atoms with Crippen LogP contribution in [0.2, 0.25) is 0 Å². The molecule has 2 rings (SSSR count). The summed E-state index contributed by atoms with van der Waals surface area (Å²) in [5, 5.41) is 0. The van der Waals surface area contributed by atoms with Crippen molar-refractivity contribution in [2.75, 3.05) is 18.9 Å². The summed E-state index contributed by atoms with van der Waals surface area (Å²) in [6.07, 6.45) is 0. The van der Waals surface area contributed by atoms with E-state index in [1.807, 2.05) is 13.0 Å². The first-order valence-corrected chi connectivity index (χ1v) is 4.67. The van der Waals surface area contributed by atoms with Gasteiger partial charge < -0.3 is 20.9 Å². The van der Waals surface area contributed by atoms with E-state index >= 15 is 0 Å². The van der Waals surface area contributed by atoms with Crippen molar-refractivity contribution < 1.29 is 9.47 Å². The number of ether oxygens (including phenoxy) is 2. The van der Waals surface area contributed by atoms with Gasteiger partial charge in [-0.2, -0.15) is 0 Å². The first-order valence-electron chi connectivity index (χ1n) is 4.67. The van der Waals surface area contributed by atoms with Gasteiger partial charge in [0.25, 0.3) is 0 Å². The predicted octanol–water partition coefficient (Wildman–Crippen LogP) is 1.06. The molecule has 1 aromatic rings. The maximum atomic E-state index is 5.89. The van der Waals surface area contributed by atoms with Crippen molar-refractivity contribution in [3.63, 3.8) is 0 Å². The van der Waals surface area contributed by atoms with Crippen molar-refractivity contribution in [1.29, 1.82) is 0 Å². The molecule has 0 bridgehead atoms. The third-order valence-electron chi connectivity index (χ3n) is 2.26. The summed E-state index contributed by atoms with van der Waals surface area (Å²) in [6.45, 7) is 3.02. The Bertz CT molecular complexity index is 352. The molecule has 0 aliphatic carbocycles. The number of rotatable bonds is 2. The van der Waals surface area contributed by atoms with Gasteiger partial charge in [-0.3, -0.25) is 0 Å². The first-order chi connectivity index (χ1) is 6.74. The molecule has 1 aromatic carbocycles. The minimum Gasteiger partial charge on any atom is -0.493 e. The molecule has 0 aromatic heterocycles. The van der Waals surface area contributed by atoms with Crippen molar-refractivity contribution in [3.8, 4) is 11.5 Å². The maximum Gasteiger partial charge on any atom is 0.150 e. The topological polar surface area (TPSA) is 70.5 Å². The highest BCUT2D eigenvalue weighted by Gasteiger charge is 2.26. The molecule has 4 heteroatoms. The Morgan fingerprint density at radius 2 is 2.36 bits per heavy atom. The molecule has 1 heterocycles. The SMILES string of the molecule is CCOc1ccc(N)c2c1[C@@H](N)CO2. The van der Waals surface area contributed by atoms with Gasteiger partial charge in [0.1, 0.15) is 12.4 Å². The van der Waals surface area contributed by atoms with Crippen molar-refractivity contribution in [1.82, 2.24) is 0 Å². The highest BCUT2D eigenvalue weighted by Crippen LogP contribution is 2.42. The fourth-order valence-electron chi connectivity index (χ4n) is 1.65. The largest absolute Gasteiger partial charge is 0.493 e. The molecule has 4 nitrogen and oxygen atoms in total. The van der Waals surface area contributed by atoms with Gasteiger partial charge >= 0.3 is 0 Å². The molecule has 4 N–H and O–H groups in total. The normalized spacial score (nSPS) is 18.9. The third-order valence-corrected chi connectivity index (χ3v) is 2.26. The summed E-state index contributed by atoms with van der Waals surface area (Å²) < 4.78 is 10.9. The molecule has 0 unspecified atom stereocenters. The number of hydrogen-bond donors (Lipinski definition) is 2. The summed E-state index contributed by atoms with van der Waals surface area (Å²) in [7, 11) is 0. The molecule has 0 radical (unpaired) electrons. The molecule has 1 aliphatic heterocycles. The average Bonchev–Trinajstić information content (AvgIpc) is 2.55. The maximum absolute atomic E-state index is 5.89. The number of nitrogen functional groups attached to an aromatic ring is 1. The van der Waals surface area contributed by atoms with E-state index in [0.717, 1.165) is 11.3 Å². The highest BCUT2D eigenvalue weighted by molar-refractivity contribution is 5.64. The van der Waals surface area contributed by atoms with E-state index in [1.165, 1.54) is 0 Å². The van der Waals surface area contributed by atoms with Crippen LogP contribution in [0.3, 0.4) is 0 Å². The quantitative estimate of drug-likeness (QED) is 0.690. The first kappa shape index (κ1) is 9.15. The monoisotopic (exact) mass is 194 g/mol. The van der Waals surface area contributed by atoms with Crippen LogP contribution in [-0.2, 0) is 0 Å². The van der Waals surface area contributed by atoms with E-state index in [4.69, 9.17) is 20.9 Å². The molecular weight excluding hydrogens is 180 g/mol. The van der Waals surface area contributed by atoms with Crippen LogP contribution in [0.15, 0.2) is 12.1 Å². The highest BCUT2D eigenvalue weighted by atomic mass is 16.5. The van der Waals surface area contributed by atoms with Gasteiger partial charge in [0.15, 0.2) is 5.75 Å². The molecule has 1 aliphatic rings. The number of anilines is 1. The third kappa shape index (κ3) is 1.28. The molecule has 0 amide bonds. The fraction of sp³-hybridized carbons (Fsp3) is 0.400. The minimum atomic E-state index is -0.130. The summed E-state index contributed by atoms with van der Waals surface area (Å²) >= 11 is 0. The lowest BCUT2D eigenvalue weighted by Gasteiger charge is -2.11. The molecule has 0 spiro atoms. The molecule has 0 fully saturated rings. The van der Waals surface area contributed by atoms with Crippen LogP contribution >= 0.6 is 0 Å². The van der Waals surface area contributed by atoms with Gasteiger partial charge in [-0.1, -0.05) is 0 Å². The van der Waals surface area contributed by atoms with Gasteiger partial charge in [-0.15, -0.1) is 0 Å². The summed E-state index contributed by atoms with van der Waals surface area (Å²) in [6, 6.07) is 3.49.